The molecule has 1 saturated heterocycles. The number of nitrogens with zero attached hydrogens (tertiary/aromatic N) is 4. The van der Waals surface area contributed by atoms with Crippen LogP contribution in [-0.2, 0) is 35.5 Å². The van der Waals surface area contributed by atoms with Crippen LogP contribution in [0.5, 0.6) is 5.75 Å². The van der Waals surface area contributed by atoms with Gasteiger partial charge in [-0.3, -0.25) is 4.90 Å². The second kappa shape index (κ2) is 13.6. The van der Waals surface area contributed by atoms with Gasteiger partial charge in [0.1, 0.15) is 18.2 Å². The minimum Gasteiger partial charge on any atom is -0.489 e. The lowest BCUT2D eigenvalue weighted by Crippen LogP contribution is -2.48. The Hall–Kier alpha value is -4.18. The normalized spacial score (nSPS) is 14.5. The van der Waals surface area contributed by atoms with E-state index in [1.54, 1.807) is 6.07 Å². The minimum absolute atomic E-state index is 0.293. The summed E-state index contributed by atoms with van der Waals surface area (Å²) < 4.78 is 16.8. The number of carbonyl (C=O) groups excluding carboxylic acids is 1. The molecule has 0 bridgehead atoms. The highest BCUT2D eigenvalue weighted by Crippen LogP contribution is 2.38. The number of anilines is 2. The quantitative estimate of drug-likeness (QED) is 0.191. The van der Waals surface area contributed by atoms with Gasteiger partial charge in [0, 0.05) is 48.9 Å². The van der Waals surface area contributed by atoms with Gasteiger partial charge in [-0.1, -0.05) is 35.9 Å². The van der Waals surface area contributed by atoms with Gasteiger partial charge in [0.2, 0.25) is 5.95 Å². The van der Waals surface area contributed by atoms with Gasteiger partial charge in [-0.2, -0.15) is 4.98 Å². The summed E-state index contributed by atoms with van der Waals surface area (Å²) in [4.78, 5) is 25.9. The first kappa shape index (κ1) is 29.9. The van der Waals surface area contributed by atoms with Crippen LogP contribution >= 0.6 is 11.6 Å². The zero-order valence-electron chi connectivity index (χ0n) is 24.8. The summed E-state index contributed by atoms with van der Waals surface area (Å²) >= 11 is 6.00. The van der Waals surface area contributed by atoms with Crippen LogP contribution in [0.2, 0.25) is 5.02 Å². The van der Waals surface area contributed by atoms with Crippen LogP contribution in [0.3, 0.4) is 0 Å². The Bertz CT molecular complexity index is 1620. The van der Waals surface area contributed by atoms with E-state index in [4.69, 9.17) is 36.5 Å². The Balaban J connectivity index is 1.04. The van der Waals surface area contributed by atoms with Crippen LogP contribution in [0.25, 0.3) is 11.3 Å². The average Bonchev–Trinajstić information content (AvgIpc) is 3.06. The number of ether oxygens (including phenoxy) is 3. The van der Waals surface area contributed by atoms with Crippen molar-refractivity contribution in [3.63, 3.8) is 0 Å². The third-order valence-corrected chi connectivity index (χ3v) is 8.39. The Kier molecular flexibility index (Phi) is 9.26. The maximum atomic E-state index is 11.8. The topological polar surface area (TPSA) is 103 Å². The number of halogens is 1. The third-order valence-electron chi connectivity index (χ3n) is 8.14. The average molecular weight is 614 g/mol. The van der Waals surface area contributed by atoms with Crippen molar-refractivity contribution in [2.75, 3.05) is 57.1 Å². The molecule has 0 radical (unpaired) electrons. The number of nitrogen functional groups attached to an aromatic ring is 1. The van der Waals surface area contributed by atoms with Gasteiger partial charge in [-0.15, -0.1) is 0 Å². The SMILES string of the molecule is COC(=O)c1cccc(COCCN2CCN(c3nc(N)nc4c3CCc3cc(OCc5ccc(Cl)cc5)ccc3-4)CC2)c1. The lowest BCUT2D eigenvalue weighted by atomic mass is 9.88. The lowest BCUT2D eigenvalue weighted by molar-refractivity contribution is 0.0600. The van der Waals surface area contributed by atoms with Crippen LogP contribution in [0.1, 0.15) is 32.6 Å². The third kappa shape index (κ3) is 6.96. The smallest absolute Gasteiger partial charge is 0.337 e. The zero-order valence-corrected chi connectivity index (χ0v) is 25.6. The van der Waals surface area contributed by atoms with Crippen molar-refractivity contribution >= 4 is 29.3 Å². The maximum absolute atomic E-state index is 11.8. The van der Waals surface area contributed by atoms with E-state index < -0.39 is 0 Å². The number of piperazine rings is 1. The van der Waals surface area contributed by atoms with Crippen molar-refractivity contribution in [2.45, 2.75) is 26.1 Å². The molecular weight excluding hydrogens is 578 g/mol. The molecule has 10 heteroatoms. The van der Waals surface area contributed by atoms with E-state index in [1.165, 1.54) is 12.7 Å². The number of methoxy groups -OCH3 is 1. The number of hydrogen-bond donors (Lipinski definition) is 1. The number of aryl methyl sites for hydroxylation is 1. The molecule has 0 amide bonds. The van der Waals surface area contributed by atoms with Gasteiger partial charge in [0.05, 0.1) is 31.6 Å². The molecule has 0 atom stereocenters. The Labute approximate surface area is 262 Å². The molecule has 1 fully saturated rings. The molecule has 0 unspecified atom stereocenters. The second-order valence-electron chi connectivity index (χ2n) is 11.0. The van der Waals surface area contributed by atoms with E-state index in [1.807, 2.05) is 48.5 Å². The van der Waals surface area contributed by atoms with Crippen LogP contribution in [-0.4, -0.2) is 67.3 Å². The fourth-order valence-corrected chi connectivity index (χ4v) is 5.91. The molecule has 2 N–H and O–H groups in total. The predicted molar refractivity (Wildman–Crippen MR) is 171 cm³/mol. The first-order valence-electron chi connectivity index (χ1n) is 14.9. The van der Waals surface area contributed by atoms with Crippen molar-refractivity contribution < 1.29 is 19.0 Å². The highest BCUT2D eigenvalue weighted by atomic mass is 35.5. The van der Waals surface area contributed by atoms with Gasteiger partial charge in [0.15, 0.2) is 0 Å². The standard InChI is InChI=1S/C34H36ClN5O4/c1-42-33(41)26-4-2-3-24(19-26)21-43-18-17-39-13-15-40(16-14-39)32-30-11-7-25-20-28(44-22-23-5-8-27(35)9-6-23)10-12-29(25)31(30)37-34(36)38-32/h2-6,8-10,12,19-20H,7,11,13-18,21-22H2,1H3,(H2,36,37,38). The Morgan fingerprint density at radius 1 is 0.932 bits per heavy atom. The molecule has 0 saturated carbocycles. The van der Waals surface area contributed by atoms with E-state index in [9.17, 15) is 4.79 Å². The van der Waals surface area contributed by atoms with Crippen molar-refractivity contribution in [2.24, 2.45) is 0 Å². The summed E-state index contributed by atoms with van der Waals surface area (Å²) in [5.74, 6) is 1.73. The summed E-state index contributed by atoms with van der Waals surface area (Å²) in [7, 11) is 1.38. The van der Waals surface area contributed by atoms with Crippen LogP contribution < -0.4 is 15.4 Å². The maximum Gasteiger partial charge on any atom is 0.337 e. The van der Waals surface area contributed by atoms with E-state index in [0.717, 1.165) is 85.1 Å². The van der Waals surface area contributed by atoms with Gasteiger partial charge >= 0.3 is 5.97 Å². The van der Waals surface area contributed by atoms with E-state index in [0.29, 0.717) is 36.4 Å². The fourth-order valence-electron chi connectivity index (χ4n) is 5.78. The van der Waals surface area contributed by atoms with Crippen molar-refractivity contribution in [1.82, 2.24) is 14.9 Å². The number of benzene rings is 3. The summed E-state index contributed by atoms with van der Waals surface area (Å²) in [6, 6.07) is 21.2. The van der Waals surface area contributed by atoms with Crippen molar-refractivity contribution in [3.8, 4) is 17.0 Å². The summed E-state index contributed by atoms with van der Waals surface area (Å²) in [6.07, 6.45) is 1.74. The first-order chi connectivity index (χ1) is 21.5. The molecule has 2 aliphatic rings. The molecule has 1 aliphatic carbocycles. The summed E-state index contributed by atoms with van der Waals surface area (Å²) in [5, 5.41) is 0.714. The van der Waals surface area contributed by atoms with Crippen molar-refractivity contribution in [3.05, 3.63) is 99.6 Å². The van der Waals surface area contributed by atoms with Gasteiger partial charge in [-0.25, -0.2) is 9.78 Å². The molecule has 44 heavy (non-hydrogen) atoms. The van der Waals surface area contributed by atoms with E-state index in [-0.39, 0.29) is 5.97 Å². The number of fused-ring (bicyclic) bond motifs is 3. The zero-order chi connectivity index (χ0) is 30.5. The number of esters is 1. The highest BCUT2D eigenvalue weighted by Gasteiger charge is 2.27. The molecule has 2 heterocycles. The van der Waals surface area contributed by atoms with Crippen LogP contribution in [0, 0.1) is 0 Å². The van der Waals surface area contributed by atoms with Gasteiger partial charge < -0.3 is 24.8 Å². The molecule has 4 aromatic rings. The first-order valence-corrected chi connectivity index (χ1v) is 15.2. The fraction of sp³-hybridized carbons (Fsp3) is 0.324. The summed E-state index contributed by atoms with van der Waals surface area (Å²) in [6.45, 7) is 5.91. The van der Waals surface area contributed by atoms with Crippen molar-refractivity contribution in [1.29, 1.82) is 0 Å². The van der Waals surface area contributed by atoms with E-state index >= 15 is 0 Å². The molecule has 1 aromatic heterocycles. The molecular formula is C34H36ClN5O4. The lowest BCUT2D eigenvalue weighted by Gasteiger charge is -2.37. The Morgan fingerprint density at radius 3 is 2.55 bits per heavy atom. The number of hydrogen-bond acceptors (Lipinski definition) is 9. The van der Waals surface area contributed by atoms with Gasteiger partial charge in [-0.05, 0) is 72.0 Å². The molecule has 3 aromatic carbocycles. The second-order valence-corrected chi connectivity index (χ2v) is 11.5. The number of carbonyl (C=O) groups is 1. The van der Waals surface area contributed by atoms with Gasteiger partial charge in [0.25, 0.3) is 0 Å². The Morgan fingerprint density at radius 2 is 1.75 bits per heavy atom. The number of aromatic nitrogens is 2. The van der Waals surface area contributed by atoms with Crippen LogP contribution in [0.15, 0.2) is 66.7 Å². The minimum atomic E-state index is -0.342. The predicted octanol–water partition coefficient (Wildman–Crippen LogP) is 5.18. The molecule has 1 aliphatic heterocycles. The molecule has 228 valence electrons. The number of nitrogens with two attached hydrogens (primary N) is 1. The largest absolute Gasteiger partial charge is 0.489 e. The van der Waals surface area contributed by atoms with Crippen LogP contribution in [0.4, 0.5) is 11.8 Å². The monoisotopic (exact) mass is 613 g/mol. The molecule has 0 spiro atoms. The molecule has 9 nitrogen and oxygen atoms in total. The molecule has 6 rings (SSSR count). The summed E-state index contributed by atoms with van der Waals surface area (Å²) in [5.41, 5.74) is 13.2. The number of rotatable bonds is 10. The highest BCUT2D eigenvalue weighted by molar-refractivity contribution is 6.30. The van der Waals surface area contributed by atoms with E-state index in [2.05, 4.69) is 26.9 Å².